The largest absolute Gasteiger partial charge is 0.495 e. The third kappa shape index (κ3) is 6.04. The molecule has 0 saturated carbocycles. The first-order chi connectivity index (χ1) is 20.3. The molecule has 2 aromatic heterocycles. The Morgan fingerprint density at radius 2 is 1.86 bits per heavy atom. The number of aromatic nitrogens is 4. The number of hydrogen-bond acceptors (Lipinski definition) is 9. The van der Waals surface area contributed by atoms with Crippen LogP contribution in [-0.4, -0.2) is 80.6 Å². The van der Waals surface area contributed by atoms with Crippen molar-refractivity contribution in [2.75, 3.05) is 43.9 Å². The molecule has 0 spiro atoms. The van der Waals surface area contributed by atoms with Crippen LogP contribution in [0.3, 0.4) is 0 Å². The Kier molecular flexibility index (Phi) is 8.36. The zero-order valence-corrected chi connectivity index (χ0v) is 23.8. The number of anilines is 4. The van der Waals surface area contributed by atoms with Crippen molar-refractivity contribution in [2.24, 2.45) is 5.73 Å². The van der Waals surface area contributed by atoms with Crippen LogP contribution in [-0.2, 0) is 4.79 Å². The van der Waals surface area contributed by atoms with Crippen molar-refractivity contribution in [1.82, 2.24) is 29.5 Å². The molecule has 0 radical (unpaired) electrons. The maximum Gasteiger partial charge on any atom is 0.254 e. The molecule has 13 nitrogen and oxygen atoms in total. The number of amides is 3. The molecule has 4 heterocycles. The average molecular weight is 574 g/mol. The molecule has 42 heavy (non-hydrogen) atoms. The van der Waals surface area contributed by atoms with Gasteiger partial charge < -0.3 is 30.9 Å². The number of nitrogens with one attached hydrogen (secondary N) is 2. The van der Waals surface area contributed by atoms with Gasteiger partial charge in [0.1, 0.15) is 17.1 Å². The Labute approximate surface area is 243 Å². The maximum absolute atomic E-state index is 13.0. The predicted octanol–water partition coefficient (Wildman–Crippen LogP) is 3.16. The van der Waals surface area contributed by atoms with Crippen LogP contribution >= 0.6 is 0 Å². The lowest BCUT2D eigenvalue weighted by atomic mass is 10.1. The van der Waals surface area contributed by atoms with Gasteiger partial charge in [-0.1, -0.05) is 6.58 Å². The van der Waals surface area contributed by atoms with Gasteiger partial charge in [0, 0.05) is 44.1 Å². The number of ether oxygens (including phenoxy) is 1. The number of benzene rings is 1. The van der Waals surface area contributed by atoms with Crippen molar-refractivity contribution in [2.45, 2.75) is 38.6 Å². The summed E-state index contributed by atoms with van der Waals surface area (Å²) in [6.45, 7) is 8.16. The smallest absolute Gasteiger partial charge is 0.254 e. The van der Waals surface area contributed by atoms with E-state index in [9.17, 15) is 14.4 Å². The van der Waals surface area contributed by atoms with Crippen LogP contribution in [0, 0.1) is 6.92 Å². The van der Waals surface area contributed by atoms with Crippen LogP contribution in [0.25, 0.3) is 0 Å². The lowest BCUT2D eigenvalue weighted by Crippen LogP contribution is -2.39. The van der Waals surface area contributed by atoms with Crippen LogP contribution in [0.2, 0.25) is 0 Å². The molecule has 0 aliphatic carbocycles. The Bertz CT molecular complexity index is 1510. The predicted molar refractivity (Wildman–Crippen MR) is 157 cm³/mol. The number of nitrogens with two attached hydrogens (primary N) is 1. The molecule has 3 aromatic rings. The normalized spacial score (nSPS) is 16.7. The molecule has 2 aliphatic heterocycles. The zero-order valence-electron chi connectivity index (χ0n) is 23.8. The monoisotopic (exact) mass is 573 g/mol. The second kappa shape index (κ2) is 12.3. The molecule has 1 aromatic carbocycles. The molecule has 2 saturated heterocycles. The average Bonchev–Trinajstić information content (AvgIpc) is 3.70. The van der Waals surface area contributed by atoms with Crippen molar-refractivity contribution in [3.8, 4) is 5.75 Å². The fourth-order valence-corrected chi connectivity index (χ4v) is 5.37. The number of rotatable bonds is 9. The standard InChI is InChI=1S/C29H35N9O4/c1-4-24(39)37-11-7-8-21(17-37)38-16-20(14-32-38)33-29-31-15-22(26(30)40)27(35-29)34-25-18(2)12-19(13-23(25)42-3)28(41)36-9-5-6-10-36/h4,12-16,21H,1,5-11,17H2,2-3H3,(H2,30,40)(H2,31,33,34,35). The number of nitrogens with zero attached hydrogens (tertiary/aromatic N) is 6. The van der Waals surface area contributed by atoms with Crippen molar-refractivity contribution >= 4 is 40.9 Å². The van der Waals surface area contributed by atoms with E-state index in [0.717, 1.165) is 44.3 Å². The highest BCUT2D eigenvalue weighted by molar-refractivity contribution is 5.99. The minimum absolute atomic E-state index is 0.0318. The zero-order chi connectivity index (χ0) is 29.8. The number of carbonyl (C=O) groups is 3. The number of aryl methyl sites for hydroxylation is 1. The van der Waals surface area contributed by atoms with Crippen molar-refractivity contribution in [3.63, 3.8) is 0 Å². The van der Waals surface area contributed by atoms with Gasteiger partial charge in [-0.25, -0.2) is 4.98 Å². The highest BCUT2D eigenvalue weighted by atomic mass is 16.5. The SMILES string of the molecule is C=CC(=O)N1CCCC(n2cc(Nc3ncc(C(N)=O)c(Nc4c(C)cc(C(=O)N5CCCC5)cc4OC)n3)cn2)C1. The topological polar surface area (TPSA) is 161 Å². The summed E-state index contributed by atoms with van der Waals surface area (Å²) in [5.74, 6) is -0.0117. The fraction of sp³-hybridized carbons (Fsp3) is 0.379. The van der Waals surface area contributed by atoms with E-state index in [2.05, 4.69) is 32.3 Å². The van der Waals surface area contributed by atoms with Crippen molar-refractivity contribution in [3.05, 3.63) is 60.1 Å². The van der Waals surface area contributed by atoms with Crippen LogP contribution < -0.4 is 21.1 Å². The van der Waals surface area contributed by atoms with Gasteiger partial charge in [-0.15, -0.1) is 0 Å². The lowest BCUT2D eigenvalue weighted by molar-refractivity contribution is -0.127. The maximum atomic E-state index is 13.0. The summed E-state index contributed by atoms with van der Waals surface area (Å²) in [6.07, 6.45) is 9.91. The second-order valence-corrected chi connectivity index (χ2v) is 10.4. The van der Waals surface area contributed by atoms with Gasteiger partial charge in [0.15, 0.2) is 0 Å². The molecule has 2 aliphatic rings. The first-order valence-electron chi connectivity index (χ1n) is 13.9. The second-order valence-electron chi connectivity index (χ2n) is 10.4. The molecule has 2 fully saturated rings. The minimum atomic E-state index is -0.703. The van der Waals surface area contributed by atoms with Crippen LogP contribution in [0.1, 0.15) is 58.0 Å². The first kappa shape index (κ1) is 28.6. The third-order valence-corrected chi connectivity index (χ3v) is 7.57. The Morgan fingerprint density at radius 3 is 2.57 bits per heavy atom. The summed E-state index contributed by atoms with van der Waals surface area (Å²) in [5.41, 5.74) is 8.17. The van der Waals surface area contributed by atoms with Gasteiger partial charge in [-0.3, -0.25) is 19.1 Å². The van der Waals surface area contributed by atoms with E-state index in [0.29, 0.717) is 35.8 Å². The van der Waals surface area contributed by atoms with Gasteiger partial charge in [0.05, 0.1) is 30.7 Å². The first-order valence-corrected chi connectivity index (χ1v) is 13.9. The number of hydrogen-bond donors (Lipinski definition) is 3. The van der Waals surface area contributed by atoms with Gasteiger partial charge in [-0.05, 0) is 56.4 Å². The molecule has 220 valence electrons. The summed E-state index contributed by atoms with van der Waals surface area (Å²) in [7, 11) is 1.52. The van der Waals surface area contributed by atoms with Crippen molar-refractivity contribution in [1.29, 1.82) is 0 Å². The van der Waals surface area contributed by atoms with Gasteiger partial charge in [0.2, 0.25) is 11.9 Å². The van der Waals surface area contributed by atoms with Crippen molar-refractivity contribution < 1.29 is 19.1 Å². The van der Waals surface area contributed by atoms with E-state index >= 15 is 0 Å². The summed E-state index contributed by atoms with van der Waals surface area (Å²) in [5, 5.41) is 10.8. The molecular weight excluding hydrogens is 538 g/mol. The van der Waals surface area contributed by atoms with Gasteiger partial charge in [0.25, 0.3) is 11.8 Å². The Hall–Kier alpha value is -4.94. The van der Waals surface area contributed by atoms with Crippen LogP contribution in [0.4, 0.5) is 23.1 Å². The van der Waals surface area contributed by atoms with E-state index in [1.54, 1.807) is 23.2 Å². The van der Waals surface area contributed by atoms with Gasteiger partial charge >= 0.3 is 0 Å². The Morgan fingerprint density at radius 1 is 1.10 bits per heavy atom. The summed E-state index contributed by atoms with van der Waals surface area (Å²) in [6, 6.07) is 3.51. The van der Waals surface area contributed by atoms with Crippen LogP contribution in [0.15, 0.2) is 43.4 Å². The molecule has 13 heteroatoms. The summed E-state index contributed by atoms with van der Waals surface area (Å²) < 4.78 is 7.44. The highest BCUT2D eigenvalue weighted by Crippen LogP contribution is 2.34. The number of primary amides is 1. The molecule has 4 N–H and O–H groups in total. The van der Waals surface area contributed by atoms with Gasteiger partial charge in [-0.2, -0.15) is 10.1 Å². The van der Waals surface area contributed by atoms with E-state index in [1.807, 2.05) is 22.7 Å². The fourth-order valence-electron chi connectivity index (χ4n) is 5.37. The van der Waals surface area contributed by atoms with E-state index in [-0.39, 0.29) is 35.2 Å². The molecule has 1 unspecified atom stereocenters. The third-order valence-electron chi connectivity index (χ3n) is 7.57. The minimum Gasteiger partial charge on any atom is -0.495 e. The summed E-state index contributed by atoms with van der Waals surface area (Å²) >= 11 is 0. The lowest BCUT2D eigenvalue weighted by Gasteiger charge is -2.32. The number of likely N-dealkylation sites (tertiary alicyclic amines) is 2. The molecule has 0 bridgehead atoms. The summed E-state index contributed by atoms with van der Waals surface area (Å²) in [4.78, 5) is 49.7. The molecule has 1 atom stereocenters. The number of carbonyl (C=O) groups excluding carboxylic acids is 3. The molecule has 3 amide bonds. The Balaban J connectivity index is 1.37. The molecule has 5 rings (SSSR count). The van der Waals surface area contributed by atoms with E-state index < -0.39 is 5.91 Å². The number of piperidine rings is 1. The number of methoxy groups -OCH3 is 1. The van der Waals surface area contributed by atoms with E-state index in [1.165, 1.54) is 19.4 Å². The quantitative estimate of drug-likeness (QED) is 0.327. The van der Waals surface area contributed by atoms with E-state index in [4.69, 9.17) is 10.5 Å². The van der Waals surface area contributed by atoms with Crippen LogP contribution in [0.5, 0.6) is 5.75 Å². The highest BCUT2D eigenvalue weighted by Gasteiger charge is 2.25. The molecular formula is C29H35N9O4.